The van der Waals surface area contributed by atoms with Crippen molar-refractivity contribution in [1.82, 2.24) is 15.0 Å². The number of rotatable bonds is 3. The Bertz CT molecular complexity index is 1400. The summed E-state index contributed by atoms with van der Waals surface area (Å²) in [5.74, 6) is -0.646. The zero-order valence-electron chi connectivity index (χ0n) is 16.1. The van der Waals surface area contributed by atoms with Gasteiger partial charge in [0.05, 0.1) is 23.5 Å². The molecule has 0 bridgehead atoms. The zero-order valence-corrected chi connectivity index (χ0v) is 16.1. The number of benzene rings is 3. The van der Waals surface area contributed by atoms with E-state index in [4.69, 9.17) is 5.26 Å². The van der Waals surface area contributed by atoms with E-state index < -0.39 is 0 Å². The molecule has 5 rings (SSSR count). The van der Waals surface area contributed by atoms with Gasteiger partial charge < -0.3 is 5.32 Å². The van der Waals surface area contributed by atoms with E-state index in [-0.39, 0.29) is 11.7 Å². The molecule has 1 N–H and O–H groups in total. The summed E-state index contributed by atoms with van der Waals surface area (Å²) in [6.45, 7) is 0. The molecule has 1 aliphatic rings. The van der Waals surface area contributed by atoms with E-state index in [2.05, 4.69) is 21.7 Å². The van der Waals surface area contributed by atoms with Gasteiger partial charge in [0.2, 0.25) is 0 Å². The normalized spacial score (nSPS) is 13.7. The van der Waals surface area contributed by atoms with Crippen LogP contribution in [0.25, 0.3) is 28.6 Å². The van der Waals surface area contributed by atoms with Crippen molar-refractivity contribution in [2.45, 2.75) is 0 Å². The van der Waals surface area contributed by atoms with Crippen molar-refractivity contribution < 1.29 is 9.18 Å². The number of nitrogens with zero attached hydrogens (tertiary/aromatic N) is 4. The molecule has 3 aromatic carbocycles. The summed E-state index contributed by atoms with van der Waals surface area (Å²) < 4.78 is 15.2. The molecular formula is C24H14FN5O. The van der Waals surface area contributed by atoms with Crippen molar-refractivity contribution in [2.75, 3.05) is 5.32 Å². The Hall–Kier alpha value is -4.57. The summed E-state index contributed by atoms with van der Waals surface area (Å²) in [6, 6.07) is 20.9. The molecule has 0 aliphatic carbocycles. The average Bonchev–Trinajstić information content (AvgIpc) is 3.40. The maximum Gasteiger partial charge on any atom is 0.256 e. The third-order valence-electron chi connectivity index (χ3n) is 5.02. The lowest BCUT2D eigenvalue weighted by Crippen LogP contribution is -2.03. The molecule has 148 valence electrons. The second-order valence-electron chi connectivity index (χ2n) is 7.03. The van der Waals surface area contributed by atoms with Crippen molar-refractivity contribution in [1.29, 1.82) is 5.26 Å². The maximum atomic E-state index is 13.6. The monoisotopic (exact) mass is 407 g/mol. The summed E-state index contributed by atoms with van der Waals surface area (Å²) >= 11 is 0. The first-order valence-corrected chi connectivity index (χ1v) is 9.47. The third-order valence-corrected chi connectivity index (χ3v) is 5.02. The number of nitrogens with one attached hydrogen (secondary N) is 1. The largest absolute Gasteiger partial charge is 0.321 e. The molecule has 0 spiro atoms. The topological polar surface area (TPSA) is 83.6 Å². The first kappa shape index (κ1) is 18.5. The van der Waals surface area contributed by atoms with Gasteiger partial charge in [0.25, 0.3) is 5.91 Å². The quantitative estimate of drug-likeness (QED) is 0.509. The van der Waals surface area contributed by atoms with Crippen LogP contribution in [0.4, 0.5) is 10.1 Å². The van der Waals surface area contributed by atoms with Crippen molar-refractivity contribution >= 4 is 23.2 Å². The highest BCUT2D eigenvalue weighted by Gasteiger charge is 2.24. The lowest BCUT2D eigenvalue weighted by atomic mass is 10.0. The van der Waals surface area contributed by atoms with E-state index in [0.29, 0.717) is 28.1 Å². The maximum absolute atomic E-state index is 13.6. The van der Waals surface area contributed by atoms with Crippen LogP contribution in [0.15, 0.2) is 72.9 Å². The van der Waals surface area contributed by atoms with Crippen LogP contribution in [0.3, 0.4) is 0 Å². The van der Waals surface area contributed by atoms with Crippen LogP contribution in [-0.2, 0) is 4.79 Å². The Morgan fingerprint density at radius 3 is 2.71 bits per heavy atom. The smallest absolute Gasteiger partial charge is 0.256 e. The van der Waals surface area contributed by atoms with Crippen LogP contribution in [0.1, 0.15) is 16.7 Å². The van der Waals surface area contributed by atoms with Gasteiger partial charge >= 0.3 is 0 Å². The number of hydrogen-bond acceptors (Lipinski definition) is 4. The first-order chi connectivity index (χ1) is 15.1. The number of amides is 1. The van der Waals surface area contributed by atoms with E-state index in [0.717, 1.165) is 16.8 Å². The van der Waals surface area contributed by atoms with Crippen LogP contribution < -0.4 is 5.32 Å². The highest BCUT2D eigenvalue weighted by molar-refractivity contribution is 6.34. The molecular weight excluding hydrogens is 393 g/mol. The summed E-state index contributed by atoms with van der Waals surface area (Å²) in [7, 11) is 0. The van der Waals surface area contributed by atoms with Gasteiger partial charge in [-0.15, -0.1) is 5.10 Å². The molecule has 0 radical (unpaired) electrons. The average molecular weight is 407 g/mol. The molecule has 0 saturated heterocycles. The van der Waals surface area contributed by atoms with Gasteiger partial charge in [-0.1, -0.05) is 35.5 Å². The van der Waals surface area contributed by atoms with Gasteiger partial charge in [0, 0.05) is 22.4 Å². The Kier molecular flexibility index (Phi) is 4.38. The summed E-state index contributed by atoms with van der Waals surface area (Å²) in [6.07, 6.45) is 3.52. The molecule has 1 aliphatic heterocycles. The second kappa shape index (κ2) is 7.35. The molecule has 7 heteroatoms. The Labute approximate surface area is 176 Å². The molecule has 0 saturated carbocycles. The van der Waals surface area contributed by atoms with Gasteiger partial charge in [0.15, 0.2) is 0 Å². The molecule has 6 nitrogen and oxygen atoms in total. The van der Waals surface area contributed by atoms with Crippen LogP contribution in [-0.4, -0.2) is 20.9 Å². The van der Waals surface area contributed by atoms with Gasteiger partial charge in [-0.3, -0.25) is 4.79 Å². The predicted octanol–water partition coefficient (Wildman–Crippen LogP) is 4.44. The number of fused-ring (bicyclic) bond motifs is 1. The van der Waals surface area contributed by atoms with Crippen molar-refractivity contribution in [3.05, 3.63) is 95.4 Å². The SMILES string of the molecule is N#Cc1cccc(-n2cc(-c3ccc(/C=C4\C(=O)Nc5ccc(F)cc54)cc3)nn2)c1. The number of aromatic nitrogens is 3. The fourth-order valence-electron chi connectivity index (χ4n) is 3.46. The molecule has 4 aromatic rings. The highest BCUT2D eigenvalue weighted by atomic mass is 19.1. The molecule has 0 atom stereocenters. The van der Waals surface area contributed by atoms with E-state index >= 15 is 0 Å². The first-order valence-electron chi connectivity index (χ1n) is 9.47. The van der Waals surface area contributed by atoms with E-state index in [9.17, 15) is 9.18 Å². The van der Waals surface area contributed by atoms with Crippen LogP contribution in [0.2, 0.25) is 0 Å². The van der Waals surface area contributed by atoms with Crippen LogP contribution >= 0.6 is 0 Å². The van der Waals surface area contributed by atoms with Crippen molar-refractivity contribution in [3.8, 4) is 23.0 Å². The Morgan fingerprint density at radius 2 is 1.90 bits per heavy atom. The zero-order chi connectivity index (χ0) is 21.4. The third kappa shape index (κ3) is 3.47. The van der Waals surface area contributed by atoms with Crippen LogP contribution in [0.5, 0.6) is 0 Å². The van der Waals surface area contributed by atoms with Gasteiger partial charge in [-0.05, 0) is 48.0 Å². The summed E-state index contributed by atoms with van der Waals surface area (Å²) in [5, 5.41) is 20.2. The fraction of sp³-hybridized carbons (Fsp3) is 0. The van der Waals surface area contributed by atoms with Gasteiger partial charge in [-0.2, -0.15) is 5.26 Å². The summed E-state index contributed by atoms with van der Waals surface area (Å²) in [5.41, 5.74) is 5.20. The number of hydrogen-bond donors (Lipinski definition) is 1. The highest BCUT2D eigenvalue weighted by Crippen LogP contribution is 2.33. The molecule has 31 heavy (non-hydrogen) atoms. The predicted molar refractivity (Wildman–Crippen MR) is 114 cm³/mol. The van der Waals surface area contributed by atoms with E-state index in [1.54, 1.807) is 41.2 Å². The summed E-state index contributed by atoms with van der Waals surface area (Å²) in [4.78, 5) is 12.3. The lowest BCUT2D eigenvalue weighted by molar-refractivity contribution is -0.110. The number of halogens is 1. The van der Waals surface area contributed by atoms with Crippen LogP contribution in [0, 0.1) is 17.1 Å². The molecule has 0 fully saturated rings. The number of carbonyl (C=O) groups is 1. The van der Waals surface area contributed by atoms with E-state index in [1.807, 2.05) is 30.3 Å². The molecule has 0 unspecified atom stereocenters. The Balaban J connectivity index is 1.42. The number of nitriles is 1. The van der Waals surface area contributed by atoms with Crippen molar-refractivity contribution in [3.63, 3.8) is 0 Å². The molecule has 2 heterocycles. The minimum atomic E-state index is -0.389. The minimum Gasteiger partial charge on any atom is -0.321 e. The minimum absolute atomic E-state index is 0.257. The van der Waals surface area contributed by atoms with Gasteiger partial charge in [0.1, 0.15) is 11.5 Å². The molecule has 1 aromatic heterocycles. The Morgan fingerprint density at radius 1 is 1.06 bits per heavy atom. The number of carbonyl (C=O) groups excluding carboxylic acids is 1. The van der Waals surface area contributed by atoms with E-state index in [1.165, 1.54) is 12.1 Å². The molecule has 1 amide bonds. The van der Waals surface area contributed by atoms with Crippen molar-refractivity contribution in [2.24, 2.45) is 0 Å². The lowest BCUT2D eigenvalue weighted by Gasteiger charge is -2.01. The second-order valence-corrected chi connectivity index (χ2v) is 7.03. The number of anilines is 1. The standard InChI is InChI=1S/C24H14FN5O/c25-18-8-9-22-20(12-18)21(24(31)27-22)11-15-4-6-17(7-5-15)23-14-30(29-28-23)19-3-1-2-16(10-19)13-26/h1-12,14H,(H,27,31)/b21-11-. The van der Waals surface area contributed by atoms with Gasteiger partial charge in [-0.25, -0.2) is 9.07 Å². The fourth-order valence-corrected chi connectivity index (χ4v) is 3.46.